The van der Waals surface area contributed by atoms with Crippen LogP contribution in [0.15, 0.2) is 18.2 Å². The van der Waals surface area contributed by atoms with Crippen molar-refractivity contribution in [2.75, 3.05) is 12.4 Å². The molecule has 0 radical (unpaired) electrons. The van der Waals surface area contributed by atoms with E-state index in [0.717, 1.165) is 12.1 Å². The smallest absolute Gasteiger partial charge is 0.372 e. The molecule has 0 aliphatic heterocycles. The second kappa shape index (κ2) is 4.03. The lowest BCUT2D eigenvalue weighted by molar-refractivity contribution is -0.137. The quantitative estimate of drug-likeness (QED) is 0.800. The molecule has 0 amide bonds. The zero-order chi connectivity index (χ0) is 12.6. The Labute approximate surface area is 99.6 Å². The van der Waals surface area contributed by atoms with E-state index in [0.29, 0.717) is 11.2 Å². The van der Waals surface area contributed by atoms with Gasteiger partial charge in [-0.05, 0) is 29.8 Å². The van der Waals surface area contributed by atoms with Crippen LogP contribution in [0.5, 0.6) is 0 Å². The van der Waals surface area contributed by atoms with Gasteiger partial charge >= 0.3 is 6.18 Å². The standard InChI is InChI=1S/C10H7ClF3N3/c1-15-8-6-3-2-5(10(12,13)14)4-7(6)16-9(11)17-8/h2-4H,1H3,(H,15,16,17). The first-order valence-corrected chi connectivity index (χ1v) is 5.02. The zero-order valence-electron chi connectivity index (χ0n) is 8.64. The molecule has 1 N–H and O–H groups in total. The molecule has 2 aromatic rings. The summed E-state index contributed by atoms with van der Waals surface area (Å²) in [7, 11) is 1.61. The largest absolute Gasteiger partial charge is 0.416 e. The molecule has 0 saturated carbocycles. The van der Waals surface area contributed by atoms with Crippen LogP contribution in [0, 0.1) is 0 Å². The van der Waals surface area contributed by atoms with Crippen molar-refractivity contribution < 1.29 is 13.2 Å². The number of benzene rings is 1. The molecule has 0 bridgehead atoms. The van der Waals surface area contributed by atoms with Crippen molar-refractivity contribution in [1.82, 2.24) is 9.97 Å². The normalized spacial score (nSPS) is 11.8. The summed E-state index contributed by atoms with van der Waals surface area (Å²) in [5.41, 5.74) is -0.606. The van der Waals surface area contributed by atoms with Gasteiger partial charge in [-0.1, -0.05) is 0 Å². The van der Waals surface area contributed by atoms with E-state index in [9.17, 15) is 13.2 Å². The molecule has 0 spiro atoms. The van der Waals surface area contributed by atoms with E-state index in [2.05, 4.69) is 15.3 Å². The Hall–Kier alpha value is -1.56. The Kier molecular flexibility index (Phi) is 2.82. The van der Waals surface area contributed by atoms with Crippen LogP contribution in [0.2, 0.25) is 5.28 Å². The highest BCUT2D eigenvalue weighted by Crippen LogP contribution is 2.32. The van der Waals surface area contributed by atoms with Crippen molar-refractivity contribution in [1.29, 1.82) is 0 Å². The Morgan fingerprint density at radius 2 is 1.94 bits per heavy atom. The highest BCUT2D eigenvalue weighted by Gasteiger charge is 2.30. The number of hydrogen-bond acceptors (Lipinski definition) is 3. The highest BCUT2D eigenvalue weighted by molar-refractivity contribution is 6.28. The van der Waals surface area contributed by atoms with Gasteiger partial charge < -0.3 is 5.32 Å². The molecule has 0 saturated heterocycles. The second-order valence-corrected chi connectivity index (χ2v) is 3.66. The van der Waals surface area contributed by atoms with Gasteiger partial charge in [0.15, 0.2) is 0 Å². The fraction of sp³-hybridized carbons (Fsp3) is 0.200. The van der Waals surface area contributed by atoms with Crippen LogP contribution in [0.1, 0.15) is 5.56 Å². The van der Waals surface area contributed by atoms with Gasteiger partial charge in [0.1, 0.15) is 5.82 Å². The third kappa shape index (κ3) is 2.26. The SMILES string of the molecule is CNc1nc(Cl)nc2cc(C(F)(F)F)ccc12. The van der Waals surface area contributed by atoms with Gasteiger partial charge in [0.25, 0.3) is 0 Å². The average molecular weight is 262 g/mol. The lowest BCUT2D eigenvalue weighted by atomic mass is 10.1. The van der Waals surface area contributed by atoms with Crippen LogP contribution in [0.25, 0.3) is 10.9 Å². The molecule has 17 heavy (non-hydrogen) atoms. The van der Waals surface area contributed by atoms with Crippen LogP contribution in [0.4, 0.5) is 19.0 Å². The van der Waals surface area contributed by atoms with Crippen molar-refractivity contribution >= 4 is 28.3 Å². The first-order chi connectivity index (χ1) is 7.91. The van der Waals surface area contributed by atoms with Gasteiger partial charge in [-0.3, -0.25) is 0 Å². The van der Waals surface area contributed by atoms with E-state index in [1.807, 2.05) is 0 Å². The Bertz CT molecular complexity index is 568. The molecular formula is C10H7ClF3N3. The zero-order valence-corrected chi connectivity index (χ0v) is 9.39. The minimum atomic E-state index is -4.40. The highest BCUT2D eigenvalue weighted by atomic mass is 35.5. The molecule has 2 rings (SSSR count). The molecule has 1 aromatic heterocycles. The van der Waals surface area contributed by atoms with Crippen molar-refractivity contribution in [2.45, 2.75) is 6.18 Å². The number of anilines is 1. The molecule has 3 nitrogen and oxygen atoms in total. The maximum absolute atomic E-state index is 12.5. The molecule has 90 valence electrons. The van der Waals surface area contributed by atoms with E-state index in [1.54, 1.807) is 7.05 Å². The van der Waals surface area contributed by atoms with Crippen LogP contribution < -0.4 is 5.32 Å². The first kappa shape index (κ1) is 11.9. The molecule has 0 fully saturated rings. The number of rotatable bonds is 1. The van der Waals surface area contributed by atoms with E-state index in [-0.39, 0.29) is 10.8 Å². The summed E-state index contributed by atoms with van der Waals surface area (Å²) in [5, 5.41) is 3.15. The van der Waals surface area contributed by atoms with Crippen LogP contribution in [0.3, 0.4) is 0 Å². The third-order valence-electron chi connectivity index (χ3n) is 2.23. The Balaban J connectivity index is 2.70. The van der Waals surface area contributed by atoms with Gasteiger partial charge in [0.05, 0.1) is 11.1 Å². The van der Waals surface area contributed by atoms with Crippen molar-refractivity contribution in [3.63, 3.8) is 0 Å². The number of alkyl halides is 3. The molecule has 0 atom stereocenters. The predicted molar refractivity (Wildman–Crippen MR) is 59.1 cm³/mol. The topological polar surface area (TPSA) is 37.8 Å². The fourth-order valence-corrected chi connectivity index (χ4v) is 1.64. The van der Waals surface area contributed by atoms with Crippen LogP contribution >= 0.6 is 11.6 Å². The number of halogens is 4. The van der Waals surface area contributed by atoms with Crippen molar-refractivity contribution in [2.24, 2.45) is 0 Å². The number of hydrogen-bond donors (Lipinski definition) is 1. The number of aromatic nitrogens is 2. The lowest BCUT2D eigenvalue weighted by Crippen LogP contribution is -2.05. The minimum Gasteiger partial charge on any atom is -0.372 e. The molecule has 1 heterocycles. The van der Waals surface area contributed by atoms with Crippen LogP contribution in [-0.2, 0) is 6.18 Å². The molecule has 0 aliphatic carbocycles. The number of nitrogens with zero attached hydrogens (tertiary/aromatic N) is 2. The third-order valence-corrected chi connectivity index (χ3v) is 2.40. The number of fused-ring (bicyclic) bond motifs is 1. The second-order valence-electron chi connectivity index (χ2n) is 3.32. The van der Waals surface area contributed by atoms with E-state index >= 15 is 0 Å². The summed E-state index contributed by atoms with van der Waals surface area (Å²) in [6.07, 6.45) is -4.40. The Morgan fingerprint density at radius 3 is 2.53 bits per heavy atom. The van der Waals surface area contributed by atoms with E-state index in [4.69, 9.17) is 11.6 Å². The monoisotopic (exact) mass is 261 g/mol. The summed E-state index contributed by atoms with van der Waals surface area (Å²) < 4.78 is 37.5. The van der Waals surface area contributed by atoms with Crippen LogP contribution in [-0.4, -0.2) is 17.0 Å². The predicted octanol–water partition coefficient (Wildman–Crippen LogP) is 3.34. The summed E-state index contributed by atoms with van der Waals surface area (Å²) in [5.74, 6) is 0.397. The fourth-order valence-electron chi connectivity index (χ4n) is 1.47. The minimum absolute atomic E-state index is 0.0961. The maximum atomic E-state index is 12.5. The Morgan fingerprint density at radius 1 is 1.24 bits per heavy atom. The summed E-state index contributed by atoms with van der Waals surface area (Å²) >= 11 is 5.63. The van der Waals surface area contributed by atoms with E-state index in [1.165, 1.54) is 6.07 Å². The van der Waals surface area contributed by atoms with Crippen molar-refractivity contribution in [3.05, 3.63) is 29.0 Å². The lowest BCUT2D eigenvalue weighted by Gasteiger charge is -2.09. The summed E-state index contributed by atoms with van der Waals surface area (Å²) in [4.78, 5) is 7.65. The van der Waals surface area contributed by atoms with Crippen molar-refractivity contribution in [3.8, 4) is 0 Å². The van der Waals surface area contributed by atoms with E-state index < -0.39 is 11.7 Å². The molecule has 0 aliphatic rings. The maximum Gasteiger partial charge on any atom is 0.416 e. The van der Waals surface area contributed by atoms with Gasteiger partial charge in [0, 0.05) is 12.4 Å². The summed E-state index contributed by atoms with van der Waals surface area (Å²) in [6.45, 7) is 0. The molecule has 7 heteroatoms. The molecule has 0 unspecified atom stereocenters. The van der Waals surface area contributed by atoms with Gasteiger partial charge in [-0.25, -0.2) is 9.97 Å². The molecular weight excluding hydrogens is 255 g/mol. The first-order valence-electron chi connectivity index (χ1n) is 4.64. The average Bonchev–Trinajstić information content (AvgIpc) is 2.25. The van der Waals surface area contributed by atoms with Gasteiger partial charge in [-0.15, -0.1) is 0 Å². The number of nitrogens with one attached hydrogen (secondary N) is 1. The van der Waals surface area contributed by atoms with Gasteiger partial charge in [0.2, 0.25) is 5.28 Å². The summed E-state index contributed by atoms with van der Waals surface area (Å²) in [6, 6.07) is 3.25. The molecule has 1 aromatic carbocycles. The van der Waals surface area contributed by atoms with Gasteiger partial charge in [-0.2, -0.15) is 13.2 Å².